The molecule has 0 N–H and O–H groups in total. The molecule has 0 radical (unpaired) electrons. The Hall–Kier alpha value is -3.61. The summed E-state index contributed by atoms with van der Waals surface area (Å²) in [6.07, 6.45) is 1.60. The Kier molecular flexibility index (Phi) is 5.79. The molecule has 1 amide bonds. The van der Waals surface area contributed by atoms with Crippen LogP contribution < -0.4 is 4.74 Å². The van der Waals surface area contributed by atoms with Crippen molar-refractivity contribution in [2.75, 3.05) is 13.7 Å². The van der Waals surface area contributed by atoms with Gasteiger partial charge in [0, 0.05) is 18.5 Å². The zero-order valence-electron chi connectivity index (χ0n) is 16.5. The number of methoxy groups -OCH3 is 1. The van der Waals surface area contributed by atoms with E-state index in [0.717, 1.165) is 5.56 Å². The SMILES string of the molecule is COc1cccc(CN(C[C@@H]2CC(c3cccc(F)c3)=NO2)C(=O)c2ccco2)c1. The van der Waals surface area contributed by atoms with Gasteiger partial charge in [0.1, 0.15) is 11.6 Å². The van der Waals surface area contributed by atoms with Crippen molar-refractivity contribution in [2.24, 2.45) is 5.16 Å². The first kappa shape index (κ1) is 19.7. The summed E-state index contributed by atoms with van der Waals surface area (Å²) in [6, 6.07) is 17.1. The van der Waals surface area contributed by atoms with Gasteiger partial charge in [0.05, 0.1) is 25.6 Å². The van der Waals surface area contributed by atoms with Gasteiger partial charge in [-0.1, -0.05) is 29.4 Å². The van der Waals surface area contributed by atoms with Crippen LogP contribution in [-0.4, -0.2) is 36.3 Å². The number of hydrogen-bond donors (Lipinski definition) is 0. The van der Waals surface area contributed by atoms with Gasteiger partial charge >= 0.3 is 0 Å². The van der Waals surface area contributed by atoms with E-state index in [1.807, 2.05) is 24.3 Å². The van der Waals surface area contributed by atoms with Gasteiger partial charge in [-0.15, -0.1) is 0 Å². The summed E-state index contributed by atoms with van der Waals surface area (Å²) in [6.45, 7) is 0.658. The molecule has 3 aromatic rings. The van der Waals surface area contributed by atoms with Crippen LogP contribution in [0.15, 0.2) is 76.5 Å². The molecule has 1 aliphatic heterocycles. The van der Waals surface area contributed by atoms with Gasteiger partial charge in [0.25, 0.3) is 5.91 Å². The van der Waals surface area contributed by atoms with Crippen LogP contribution in [0, 0.1) is 5.82 Å². The summed E-state index contributed by atoms with van der Waals surface area (Å²) in [5, 5.41) is 4.11. The third-order valence-corrected chi connectivity index (χ3v) is 4.84. The average Bonchev–Trinajstić information content (AvgIpc) is 3.45. The number of halogens is 1. The molecule has 30 heavy (non-hydrogen) atoms. The van der Waals surface area contributed by atoms with Gasteiger partial charge in [-0.2, -0.15) is 0 Å². The van der Waals surface area contributed by atoms with Crippen molar-refractivity contribution in [1.82, 2.24) is 4.90 Å². The lowest BCUT2D eigenvalue weighted by Gasteiger charge is -2.24. The first-order valence-electron chi connectivity index (χ1n) is 9.56. The van der Waals surface area contributed by atoms with Crippen LogP contribution in [0.4, 0.5) is 4.39 Å². The molecule has 1 atom stereocenters. The topological polar surface area (TPSA) is 64.3 Å². The Labute approximate surface area is 173 Å². The maximum absolute atomic E-state index is 13.5. The number of carbonyl (C=O) groups is 1. The lowest BCUT2D eigenvalue weighted by molar-refractivity contribution is 0.0387. The van der Waals surface area contributed by atoms with Gasteiger partial charge in [0.15, 0.2) is 11.9 Å². The van der Waals surface area contributed by atoms with Gasteiger partial charge in [-0.25, -0.2) is 4.39 Å². The molecular weight excluding hydrogens is 387 g/mol. The van der Waals surface area contributed by atoms with E-state index in [-0.39, 0.29) is 23.6 Å². The van der Waals surface area contributed by atoms with Crippen LogP contribution in [0.1, 0.15) is 28.1 Å². The van der Waals surface area contributed by atoms with Crippen LogP contribution in [0.25, 0.3) is 0 Å². The fraction of sp³-hybridized carbons (Fsp3) is 0.217. The van der Waals surface area contributed by atoms with Crippen LogP contribution in [-0.2, 0) is 11.4 Å². The van der Waals surface area contributed by atoms with Crippen molar-refractivity contribution >= 4 is 11.6 Å². The van der Waals surface area contributed by atoms with Crippen LogP contribution >= 0.6 is 0 Å². The Balaban J connectivity index is 1.49. The highest BCUT2D eigenvalue weighted by Gasteiger charge is 2.28. The largest absolute Gasteiger partial charge is 0.497 e. The second-order valence-electron chi connectivity index (χ2n) is 6.99. The highest BCUT2D eigenvalue weighted by molar-refractivity contribution is 6.01. The van der Waals surface area contributed by atoms with Gasteiger partial charge in [0.2, 0.25) is 0 Å². The fourth-order valence-corrected chi connectivity index (χ4v) is 3.38. The van der Waals surface area contributed by atoms with Gasteiger partial charge in [-0.05, 0) is 42.0 Å². The van der Waals surface area contributed by atoms with E-state index >= 15 is 0 Å². The first-order valence-corrected chi connectivity index (χ1v) is 9.56. The number of hydrogen-bond acceptors (Lipinski definition) is 5. The quantitative estimate of drug-likeness (QED) is 0.586. The molecule has 0 spiro atoms. The molecule has 0 fully saturated rings. The molecule has 6 nitrogen and oxygen atoms in total. The summed E-state index contributed by atoms with van der Waals surface area (Å²) >= 11 is 0. The third kappa shape index (κ3) is 4.51. The van der Waals surface area contributed by atoms with E-state index in [1.54, 1.807) is 36.3 Å². The molecule has 1 aliphatic rings. The molecule has 0 bridgehead atoms. The average molecular weight is 408 g/mol. The summed E-state index contributed by atoms with van der Waals surface area (Å²) in [5.74, 6) is 0.394. The number of carbonyl (C=O) groups excluding carboxylic acids is 1. The van der Waals surface area contributed by atoms with Crippen molar-refractivity contribution in [3.63, 3.8) is 0 Å². The molecule has 0 saturated heterocycles. The molecule has 0 unspecified atom stereocenters. The molecular formula is C23H21FN2O4. The van der Waals surface area contributed by atoms with Crippen LogP contribution in [0.2, 0.25) is 0 Å². The molecule has 0 aliphatic carbocycles. The number of ether oxygens (including phenoxy) is 1. The van der Waals surface area contributed by atoms with E-state index in [9.17, 15) is 9.18 Å². The van der Waals surface area contributed by atoms with Crippen molar-refractivity contribution in [3.8, 4) is 5.75 Å². The summed E-state index contributed by atoms with van der Waals surface area (Å²) < 4.78 is 24.1. The smallest absolute Gasteiger partial charge is 0.289 e. The summed E-state index contributed by atoms with van der Waals surface area (Å²) in [5.41, 5.74) is 2.25. The Morgan fingerprint density at radius 2 is 2.07 bits per heavy atom. The molecule has 2 aromatic carbocycles. The molecule has 0 saturated carbocycles. The predicted octanol–water partition coefficient (Wildman–Crippen LogP) is 4.26. The number of furan rings is 1. The van der Waals surface area contributed by atoms with E-state index in [0.29, 0.717) is 36.5 Å². The maximum atomic E-state index is 13.5. The van der Waals surface area contributed by atoms with E-state index in [2.05, 4.69) is 5.16 Å². The third-order valence-electron chi connectivity index (χ3n) is 4.84. The predicted molar refractivity (Wildman–Crippen MR) is 109 cm³/mol. The number of oxime groups is 1. The minimum absolute atomic E-state index is 0.245. The van der Waals surface area contributed by atoms with Gasteiger partial charge < -0.3 is 18.9 Å². The lowest BCUT2D eigenvalue weighted by atomic mass is 10.0. The second-order valence-corrected chi connectivity index (χ2v) is 6.99. The molecule has 2 heterocycles. The Morgan fingerprint density at radius 1 is 1.20 bits per heavy atom. The molecule has 4 rings (SSSR count). The lowest BCUT2D eigenvalue weighted by Crippen LogP contribution is -2.37. The number of benzene rings is 2. The molecule has 7 heteroatoms. The monoisotopic (exact) mass is 408 g/mol. The van der Waals surface area contributed by atoms with Crippen LogP contribution in [0.5, 0.6) is 5.75 Å². The van der Waals surface area contributed by atoms with Crippen molar-refractivity contribution in [1.29, 1.82) is 0 Å². The van der Waals surface area contributed by atoms with E-state index in [1.165, 1.54) is 18.4 Å². The number of rotatable bonds is 7. The molecule has 1 aromatic heterocycles. The number of amides is 1. The Morgan fingerprint density at radius 3 is 2.83 bits per heavy atom. The normalized spacial score (nSPS) is 15.4. The summed E-state index contributed by atoms with van der Waals surface area (Å²) in [7, 11) is 1.60. The van der Waals surface area contributed by atoms with Gasteiger partial charge in [-0.3, -0.25) is 4.79 Å². The highest BCUT2D eigenvalue weighted by Crippen LogP contribution is 2.21. The zero-order chi connectivity index (χ0) is 20.9. The zero-order valence-corrected chi connectivity index (χ0v) is 16.5. The van der Waals surface area contributed by atoms with E-state index < -0.39 is 0 Å². The minimum atomic E-state index is -0.340. The van der Waals surface area contributed by atoms with Crippen LogP contribution in [0.3, 0.4) is 0 Å². The number of nitrogens with zero attached hydrogens (tertiary/aromatic N) is 2. The van der Waals surface area contributed by atoms with Crippen molar-refractivity contribution in [3.05, 3.63) is 89.6 Å². The minimum Gasteiger partial charge on any atom is -0.497 e. The standard InChI is InChI=1S/C23H21FN2O4/c1-28-19-8-2-5-16(11-19)14-26(23(27)22-9-4-10-29-22)15-20-13-21(25-30-20)17-6-3-7-18(24)12-17/h2-12,20H,13-15H2,1H3/t20-/m0/s1. The maximum Gasteiger partial charge on any atom is 0.289 e. The summed E-state index contributed by atoms with van der Waals surface area (Å²) in [4.78, 5) is 20.2. The second kappa shape index (κ2) is 8.82. The fourth-order valence-electron chi connectivity index (χ4n) is 3.38. The highest BCUT2D eigenvalue weighted by atomic mass is 19.1. The van der Waals surface area contributed by atoms with E-state index in [4.69, 9.17) is 14.0 Å². The van der Waals surface area contributed by atoms with Crippen molar-refractivity contribution in [2.45, 2.75) is 19.1 Å². The first-order chi connectivity index (χ1) is 14.6. The Bertz CT molecular complexity index is 1050. The van der Waals surface area contributed by atoms with Crippen molar-refractivity contribution < 1.29 is 23.2 Å². The molecule has 154 valence electrons.